The minimum Gasteiger partial charge on any atom is -0.311 e. The molecule has 2 unspecified atom stereocenters. The molecule has 4 heterocycles. The molecule has 0 aliphatic carbocycles. The van der Waals surface area contributed by atoms with E-state index in [0.29, 0.717) is 6.04 Å². The van der Waals surface area contributed by atoms with Gasteiger partial charge in [-0.1, -0.05) is 0 Å². The quantitative estimate of drug-likeness (QED) is 0.942. The van der Waals surface area contributed by atoms with E-state index in [-0.39, 0.29) is 0 Å². The summed E-state index contributed by atoms with van der Waals surface area (Å²) in [6, 6.07) is 5.98. The second-order valence-electron chi connectivity index (χ2n) is 7.02. The van der Waals surface area contributed by atoms with Crippen LogP contribution >= 0.6 is 0 Å². The molecule has 21 heavy (non-hydrogen) atoms. The Labute approximate surface area is 126 Å². The molecule has 0 aromatic carbocycles. The number of hydrogen-bond acceptors (Lipinski definition) is 3. The zero-order chi connectivity index (χ0) is 14.4. The van der Waals surface area contributed by atoms with Crippen LogP contribution in [0.15, 0.2) is 18.3 Å². The molecule has 2 aromatic heterocycles. The third-order valence-corrected chi connectivity index (χ3v) is 5.08. The maximum absolute atomic E-state index is 4.88. The third kappa shape index (κ3) is 2.35. The van der Waals surface area contributed by atoms with Crippen molar-refractivity contribution in [1.29, 1.82) is 0 Å². The van der Waals surface area contributed by atoms with Gasteiger partial charge in [0.1, 0.15) is 11.3 Å². The first-order valence-electron chi connectivity index (χ1n) is 8.28. The number of piperidine rings is 1. The van der Waals surface area contributed by atoms with Crippen molar-refractivity contribution in [1.82, 2.24) is 19.9 Å². The molecular formula is C17H24N4. The molecular weight excluding hydrogens is 260 g/mol. The van der Waals surface area contributed by atoms with E-state index < -0.39 is 0 Å². The SMILES string of the molecule is CC(C)n1c(CC2CC3CCC(C2)N3)nc2cccnc21. The van der Waals surface area contributed by atoms with Crippen LogP contribution in [-0.2, 0) is 6.42 Å². The van der Waals surface area contributed by atoms with E-state index in [1.165, 1.54) is 31.5 Å². The fourth-order valence-corrected chi connectivity index (χ4v) is 4.26. The van der Waals surface area contributed by atoms with Crippen LogP contribution in [-0.4, -0.2) is 26.6 Å². The van der Waals surface area contributed by atoms with Gasteiger partial charge in [-0.15, -0.1) is 0 Å². The summed E-state index contributed by atoms with van der Waals surface area (Å²) in [7, 11) is 0. The minimum absolute atomic E-state index is 0.415. The van der Waals surface area contributed by atoms with Crippen molar-refractivity contribution in [2.75, 3.05) is 0 Å². The number of aromatic nitrogens is 3. The summed E-state index contributed by atoms with van der Waals surface area (Å²) >= 11 is 0. The van der Waals surface area contributed by atoms with E-state index in [1.807, 2.05) is 12.3 Å². The fourth-order valence-electron chi connectivity index (χ4n) is 4.26. The van der Waals surface area contributed by atoms with Crippen LogP contribution in [0.4, 0.5) is 0 Å². The lowest BCUT2D eigenvalue weighted by Crippen LogP contribution is -2.38. The van der Waals surface area contributed by atoms with E-state index in [4.69, 9.17) is 4.98 Å². The van der Waals surface area contributed by atoms with Gasteiger partial charge in [0.05, 0.1) is 0 Å². The third-order valence-electron chi connectivity index (χ3n) is 5.08. The molecule has 1 N–H and O–H groups in total. The summed E-state index contributed by atoms with van der Waals surface area (Å²) in [5, 5.41) is 3.73. The number of hydrogen-bond donors (Lipinski definition) is 1. The van der Waals surface area contributed by atoms with Gasteiger partial charge in [0.2, 0.25) is 0 Å². The van der Waals surface area contributed by atoms with E-state index in [1.54, 1.807) is 0 Å². The van der Waals surface area contributed by atoms with Gasteiger partial charge in [-0.25, -0.2) is 9.97 Å². The van der Waals surface area contributed by atoms with E-state index in [0.717, 1.165) is 35.6 Å². The summed E-state index contributed by atoms with van der Waals surface area (Å²) in [5.74, 6) is 2.00. The molecule has 0 spiro atoms. The van der Waals surface area contributed by atoms with Crippen molar-refractivity contribution in [2.24, 2.45) is 5.92 Å². The van der Waals surface area contributed by atoms with Crippen molar-refractivity contribution < 1.29 is 0 Å². The number of rotatable bonds is 3. The molecule has 2 aromatic rings. The molecule has 4 heteroatoms. The average molecular weight is 284 g/mol. The maximum atomic E-state index is 4.88. The first-order valence-corrected chi connectivity index (χ1v) is 8.28. The lowest BCUT2D eigenvalue weighted by Gasteiger charge is -2.29. The Kier molecular flexibility index (Phi) is 3.21. The lowest BCUT2D eigenvalue weighted by atomic mass is 9.89. The largest absolute Gasteiger partial charge is 0.311 e. The number of nitrogens with one attached hydrogen (secondary N) is 1. The Hall–Kier alpha value is -1.42. The molecule has 0 saturated carbocycles. The molecule has 2 atom stereocenters. The van der Waals surface area contributed by atoms with Crippen LogP contribution in [0, 0.1) is 5.92 Å². The Bertz CT molecular complexity index is 633. The summed E-state index contributed by atoms with van der Waals surface area (Å²) in [6.45, 7) is 4.46. The number of imidazole rings is 1. The van der Waals surface area contributed by atoms with Crippen molar-refractivity contribution in [3.8, 4) is 0 Å². The predicted octanol–water partition coefficient (Wildman–Crippen LogP) is 3.09. The summed E-state index contributed by atoms with van der Waals surface area (Å²) in [6.07, 6.45) is 8.32. The molecule has 0 radical (unpaired) electrons. The maximum Gasteiger partial charge on any atom is 0.160 e. The van der Waals surface area contributed by atoms with Gasteiger partial charge in [0, 0.05) is 30.7 Å². The molecule has 4 nitrogen and oxygen atoms in total. The zero-order valence-electron chi connectivity index (χ0n) is 12.9. The predicted molar refractivity (Wildman–Crippen MR) is 84.3 cm³/mol. The molecule has 112 valence electrons. The highest BCUT2D eigenvalue weighted by atomic mass is 15.1. The fraction of sp³-hybridized carbons (Fsp3) is 0.647. The van der Waals surface area contributed by atoms with E-state index in [9.17, 15) is 0 Å². The first-order chi connectivity index (χ1) is 10.2. The first kappa shape index (κ1) is 13.3. The van der Waals surface area contributed by atoms with Crippen molar-refractivity contribution in [3.63, 3.8) is 0 Å². The van der Waals surface area contributed by atoms with Crippen LogP contribution in [0.1, 0.15) is 51.4 Å². The molecule has 0 amide bonds. The Morgan fingerprint density at radius 2 is 2.05 bits per heavy atom. The standard InChI is InChI=1S/C17H24N4/c1-11(2)21-16(20-15-4-3-7-18-17(15)21)10-12-8-13-5-6-14(9-12)19-13/h3-4,7,11-14,19H,5-6,8-10H2,1-2H3. The molecule has 2 fully saturated rings. The van der Waals surface area contributed by atoms with Crippen LogP contribution in [0.25, 0.3) is 11.2 Å². The monoisotopic (exact) mass is 284 g/mol. The van der Waals surface area contributed by atoms with E-state index in [2.05, 4.69) is 34.8 Å². The van der Waals surface area contributed by atoms with E-state index >= 15 is 0 Å². The summed E-state index contributed by atoms with van der Waals surface area (Å²) in [5.41, 5.74) is 2.08. The van der Waals surface area contributed by atoms with Crippen LogP contribution in [0.2, 0.25) is 0 Å². The van der Waals surface area contributed by atoms with Crippen LogP contribution in [0.3, 0.4) is 0 Å². The van der Waals surface area contributed by atoms with Gasteiger partial charge < -0.3 is 9.88 Å². The second-order valence-corrected chi connectivity index (χ2v) is 7.02. The Morgan fingerprint density at radius 3 is 2.76 bits per heavy atom. The minimum atomic E-state index is 0.415. The highest BCUT2D eigenvalue weighted by molar-refractivity contribution is 5.71. The van der Waals surface area contributed by atoms with Gasteiger partial charge >= 0.3 is 0 Å². The highest BCUT2D eigenvalue weighted by Gasteiger charge is 2.34. The van der Waals surface area contributed by atoms with Gasteiger partial charge in [0.15, 0.2) is 5.65 Å². The highest BCUT2D eigenvalue weighted by Crippen LogP contribution is 2.33. The second kappa shape index (κ2) is 5.09. The van der Waals surface area contributed by atoms with Crippen LogP contribution in [0.5, 0.6) is 0 Å². The Balaban J connectivity index is 1.65. The smallest absolute Gasteiger partial charge is 0.160 e. The topological polar surface area (TPSA) is 42.7 Å². The number of fused-ring (bicyclic) bond motifs is 3. The molecule has 2 saturated heterocycles. The number of nitrogens with zero attached hydrogens (tertiary/aromatic N) is 3. The zero-order valence-corrected chi connectivity index (χ0v) is 12.9. The Morgan fingerprint density at radius 1 is 1.29 bits per heavy atom. The summed E-state index contributed by atoms with van der Waals surface area (Å²) < 4.78 is 2.33. The average Bonchev–Trinajstić information content (AvgIpc) is 2.98. The van der Waals surface area contributed by atoms with Gasteiger partial charge in [-0.2, -0.15) is 0 Å². The van der Waals surface area contributed by atoms with Gasteiger partial charge in [-0.05, 0) is 57.6 Å². The van der Waals surface area contributed by atoms with Gasteiger partial charge in [0.25, 0.3) is 0 Å². The molecule has 2 bridgehead atoms. The lowest BCUT2D eigenvalue weighted by molar-refractivity contribution is 0.292. The number of pyridine rings is 1. The molecule has 2 aliphatic heterocycles. The van der Waals surface area contributed by atoms with Crippen LogP contribution < -0.4 is 5.32 Å². The molecule has 4 rings (SSSR count). The summed E-state index contributed by atoms with van der Waals surface area (Å²) in [4.78, 5) is 9.43. The van der Waals surface area contributed by atoms with Crippen molar-refractivity contribution >= 4 is 11.2 Å². The van der Waals surface area contributed by atoms with Crippen molar-refractivity contribution in [3.05, 3.63) is 24.2 Å². The van der Waals surface area contributed by atoms with Gasteiger partial charge in [-0.3, -0.25) is 0 Å². The van der Waals surface area contributed by atoms with Crippen molar-refractivity contribution in [2.45, 2.75) is 64.1 Å². The normalized spacial score (nSPS) is 28.6. The molecule has 2 aliphatic rings.